The van der Waals surface area contributed by atoms with Crippen molar-refractivity contribution < 1.29 is 32.8 Å². The van der Waals surface area contributed by atoms with Gasteiger partial charge in [-0.3, -0.25) is 13.8 Å². The van der Waals surface area contributed by atoms with Gasteiger partial charge in [-0.15, -0.1) is 0 Å². The highest BCUT2D eigenvalue weighted by Crippen LogP contribution is 2.43. The van der Waals surface area contributed by atoms with Crippen molar-refractivity contribution in [2.45, 2.75) is 200 Å². The van der Waals surface area contributed by atoms with Crippen LogP contribution in [0.15, 0.2) is 72.9 Å². The number of hydrogen-bond donors (Lipinski definition) is 2. The third-order valence-corrected chi connectivity index (χ3v) is 10.6. The molecule has 58 heavy (non-hydrogen) atoms. The summed E-state index contributed by atoms with van der Waals surface area (Å²) in [6, 6.07) is 0. The van der Waals surface area contributed by atoms with Gasteiger partial charge in [0, 0.05) is 19.6 Å². The van der Waals surface area contributed by atoms with E-state index in [9.17, 15) is 14.3 Å². The number of esters is 1. The fourth-order valence-electron chi connectivity index (χ4n) is 6.19. The van der Waals surface area contributed by atoms with Gasteiger partial charge in [-0.05, 0) is 83.5 Å². The molecule has 0 aliphatic rings. The van der Waals surface area contributed by atoms with Crippen LogP contribution >= 0.6 is 7.82 Å². The Kier molecular flexibility index (Phi) is 44.4. The first-order chi connectivity index (χ1) is 28.4. The maximum absolute atomic E-state index is 12.6. The monoisotopic (exact) mass is 834 g/mol. The second-order valence-electron chi connectivity index (χ2n) is 15.2. The Morgan fingerprint density at radius 2 is 0.966 bits per heavy atom. The van der Waals surface area contributed by atoms with Crippen LogP contribution in [0.2, 0.25) is 0 Å². The Labute approximate surface area is 356 Å². The molecular weight excluding hydrogens is 746 g/mol. The summed E-state index contributed by atoms with van der Waals surface area (Å²) in [7, 11) is -4.29. The van der Waals surface area contributed by atoms with Crippen LogP contribution in [0.25, 0.3) is 0 Å². The highest BCUT2D eigenvalue weighted by Gasteiger charge is 2.25. The molecule has 8 nitrogen and oxygen atoms in total. The first-order valence-electron chi connectivity index (χ1n) is 23.4. The average Bonchev–Trinajstić information content (AvgIpc) is 3.21. The van der Waals surface area contributed by atoms with E-state index in [2.05, 4.69) is 86.8 Å². The number of allylic oxidation sites excluding steroid dienone is 12. The van der Waals surface area contributed by atoms with E-state index in [1.165, 1.54) is 89.9 Å². The van der Waals surface area contributed by atoms with Crippen LogP contribution in [0.4, 0.5) is 0 Å². The lowest BCUT2D eigenvalue weighted by Crippen LogP contribution is -2.28. The van der Waals surface area contributed by atoms with Gasteiger partial charge < -0.3 is 20.1 Å². The zero-order valence-corrected chi connectivity index (χ0v) is 38.2. The molecule has 0 fully saturated rings. The lowest BCUT2D eigenvalue weighted by Gasteiger charge is -2.20. The molecule has 2 atom stereocenters. The molecular formula is C49H88NO7P. The van der Waals surface area contributed by atoms with Gasteiger partial charge in [-0.1, -0.05) is 177 Å². The predicted octanol–water partition coefficient (Wildman–Crippen LogP) is 14.3. The molecule has 0 saturated heterocycles. The normalized spacial score (nSPS) is 14.1. The van der Waals surface area contributed by atoms with Crippen molar-refractivity contribution in [2.24, 2.45) is 5.73 Å². The molecule has 3 N–H and O–H groups in total. The smallest absolute Gasteiger partial charge is 0.457 e. The third kappa shape index (κ3) is 45.0. The van der Waals surface area contributed by atoms with E-state index in [0.29, 0.717) is 13.0 Å². The van der Waals surface area contributed by atoms with E-state index >= 15 is 0 Å². The average molecular weight is 834 g/mol. The molecule has 0 aliphatic carbocycles. The van der Waals surface area contributed by atoms with Gasteiger partial charge in [0.25, 0.3) is 0 Å². The summed E-state index contributed by atoms with van der Waals surface area (Å²) in [5.74, 6) is -0.344. The molecule has 336 valence electrons. The highest BCUT2D eigenvalue weighted by atomic mass is 31.2. The second-order valence-corrected chi connectivity index (χ2v) is 16.7. The number of nitrogens with two attached hydrogens (primary N) is 1. The molecule has 0 aromatic carbocycles. The standard InChI is InChI=1S/C49H88NO7P/c1-3-5-7-9-11-13-15-17-19-20-21-22-23-24-25-26-27-29-31-33-35-37-39-41-44-54-46-48(47-56-58(52,53)55-45-43-50)57-49(51)42-40-38-36-34-32-30-28-18-16-14-12-10-8-6-4-2/h5,7,11,13,17-19,21-22,24-25,28,48H,3-4,6,8-10,12,14-16,20,23,26-27,29-47,50H2,1-2H3,(H,52,53)/b7-5-,13-11-,19-17-,22-21-,25-24-,28-18-. The number of ether oxygens (including phenoxy) is 2. The number of hydrogen-bond acceptors (Lipinski definition) is 7. The van der Waals surface area contributed by atoms with Crippen molar-refractivity contribution in [3.63, 3.8) is 0 Å². The molecule has 0 amide bonds. The van der Waals surface area contributed by atoms with E-state index in [1.807, 2.05) is 0 Å². The van der Waals surface area contributed by atoms with Crippen molar-refractivity contribution in [1.82, 2.24) is 0 Å². The minimum absolute atomic E-state index is 0.0944. The summed E-state index contributed by atoms with van der Waals surface area (Å²) < 4.78 is 33.5. The number of phosphoric acid groups is 1. The summed E-state index contributed by atoms with van der Waals surface area (Å²) in [5.41, 5.74) is 5.38. The fourth-order valence-corrected chi connectivity index (χ4v) is 6.96. The van der Waals surface area contributed by atoms with Crippen LogP contribution in [0.5, 0.6) is 0 Å². The van der Waals surface area contributed by atoms with Gasteiger partial charge in [-0.25, -0.2) is 4.57 Å². The molecule has 0 rings (SSSR count). The van der Waals surface area contributed by atoms with Crippen LogP contribution in [-0.4, -0.2) is 49.9 Å². The molecule has 9 heteroatoms. The molecule has 0 saturated carbocycles. The topological polar surface area (TPSA) is 117 Å². The quantitative estimate of drug-likeness (QED) is 0.0270. The lowest BCUT2D eigenvalue weighted by molar-refractivity contribution is -0.154. The molecule has 0 heterocycles. The largest absolute Gasteiger partial charge is 0.472 e. The number of phosphoric ester groups is 1. The zero-order valence-electron chi connectivity index (χ0n) is 37.3. The Balaban J connectivity index is 4.01. The zero-order chi connectivity index (χ0) is 42.3. The number of unbranched alkanes of at least 4 members (excludes halogenated alkanes) is 19. The van der Waals surface area contributed by atoms with Crippen LogP contribution < -0.4 is 5.73 Å². The Bertz CT molecular complexity index is 1120. The fraction of sp³-hybridized carbons (Fsp3) is 0.735. The van der Waals surface area contributed by atoms with Gasteiger partial charge in [0.1, 0.15) is 6.10 Å². The first kappa shape index (κ1) is 55.9. The molecule has 0 radical (unpaired) electrons. The van der Waals surface area contributed by atoms with Crippen LogP contribution in [0.3, 0.4) is 0 Å². The van der Waals surface area contributed by atoms with Crippen molar-refractivity contribution in [3.05, 3.63) is 72.9 Å². The Morgan fingerprint density at radius 1 is 0.534 bits per heavy atom. The van der Waals surface area contributed by atoms with E-state index in [4.69, 9.17) is 24.3 Å². The second kappa shape index (κ2) is 46.0. The number of rotatable bonds is 44. The Hall–Kier alpha value is -2.06. The van der Waals surface area contributed by atoms with E-state index < -0.39 is 13.9 Å². The molecule has 0 aromatic heterocycles. The molecule has 0 spiro atoms. The predicted molar refractivity (Wildman–Crippen MR) is 247 cm³/mol. The Morgan fingerprint density at radius 3 is 1.47 bits per heavy atom. The third-order valence-electron chi connectivity index (χ3n) is 9.61. The van der Waals surface area contributed by atoms with Crippen molar-refractivity contribution in [2.75, 3.05) is 33.0 Å². The minimum atomic E-state index is -4.29. The summed E-state index contributed by atoms with van der Waals surface area (Å²) >= 11 is 0. The van der Waals surface area contributed by atoms with E-state index in [-0.39, 0.29) is 32.3 Å². The highest BCUT2D eigenvalue weighted by molar-refractivity contribution is 7.47. The SMILES string of the molecule is CC/C=C\C/C=C\C/C=C\C/C=C\C/C=C\CCCCCCCCCCOCC(COP(=O)(O)OCCN)OC(=O)CCCCCCC/C=C\CCCCCCCC. The number of carbonyl (C=O) groups excluding carboxylic acids is 1. The van der Waals surface area contributed by atoms with Gasteiger partial charge in [0.05, 0.1) is 19.8 Å². The first-order valence-corrected chi connectivity index (χ1v) is 24.9. The van der Waals surface area contributed by atoms with Crippen molar-refractivity contribution >= 4 is 13.8 Å². The van der Waals surface area contributed by atoms with E-state index in [1.54, 1.807) is 0 Å². The summed E-state index contributed by atoms with van der Waals surface area (Å²) in [6.07, 6.45) is 57.8. The molecule has 0 aromatic rings. The van der Waals surface area contributed by atoms with Crippen LogP contribution in [0, 0.1) is 0 Å². The lowest BCUT2D eigenvalue weighted by atomic mass is 10.1. The minimum Gasteiger partial charge on any atom is -0.457 e. The van der Waals surface area contributed by atoms with Crippen molar-refractivity contribution in [1.29, 1.82) is 0 Å². The molecule has 2 unspecified atom stereocenters. The summed E-state index contributed by atoms with van der Waals surface area (Å²) in [4.78, 5) is 22.5. The summed E-state index contributed by atoms with van der Waals surface area (Å²) in [6.45, 7) is 4.77. The maximum Gasteiger partial charge on any atom is 0.472 e. The van der Waals surface area contributed by atoms with Gasteiger partial charge in [0.15, 0.2) is 0 Å². The molecule has 0 bridgehead atoms. The van der Waals surface area contributed by atoms with E-state index in [0.717, 1.165) is 83.5 Å². The van der Waals surface area contributed by atoms with Gasteiger partial charge >= 0.3 is 13.8 Å². The van der Waals surface area contributed by atoms with Crippen LogP contribution in [0.1, 0.15) is 194 Å². The van der Waals surface area contributed by atoms with Crippen molar-refractivity contribution in [3.8, 4) is 0 Å². The van der Waals surface area contributed by atoms with Gasteiger partial charge in [-0.2, -0.15) is 0 Å². The molecule has 0 aliphatic heterocycles. The number of carbonyl (C=O) groups is 1. The van der Waals surface area contributed by atoms with Crippen LogP contribution in [-0.2, 0) is 27.9 Å². The summed E-state index contributed by atoms with van der Waals surface area (Å²) in [5, 5.41) is 0. The maximum atomic E-state index is 12.6. The van der Waals surface area contributed by atoms with Gasteiger partial charge in [0.2, 0.25) is 0 Å².